The topological polar surface area (TPSA) is 29.1 Å². The van der Waals surface area contributed by atoms with Gasteiger partial charge in [-0.3, -0.25) is 4.79 Å². The van der Waals surface area contributed by atoms with Crippen LogP contribution in [0.3, 0.4) is 0 Å². The number of alkyl halides is 1. The van der Waals surface area contributed by atoms with Crippen LogP contribution in [-0.2, 0) is 4.79 Å². The number of benzene rings is 1. The highest BCUT2D eigenvalue weighted by atomic mass is 35.5. The summed E-state index contributed by atoms with van der Waals surface area (Å²) in [5.41, 5.74) is 0.472. The molecule has 0 aliphatic carbocycles. The third-order valence-electron chi connectivity index (χ3n) is 1.32. The Labute approximate surface area is 90.8 Å². The molecule has 0 spiro atoms. The standard InChI is InChI=1S/C8H6Cl3NO/c9-4-8(13)12-7-3-5(10)1-2-6(7)11/h1-3H,4H2,(H,12,13). The zero-order valence-corrected chi connectivity index (χ0v) is 8.75. The Balaban J connectivity index is 2.87. The van der Waals surface area contributed by atoms with Crippen LogP contribution in [0, 0.1) is 0 Å². The van der Waals surface area contributed by atoms with Crippen molar-refractivity contribution in [3.63, 3.8) is 0 Å². The Morgan fingerprint density at radius 1 is 1.38 bits per heavy atom. The molecule has 0 saturated carbocycles. The molecule has 0 aliphatic rings. The smallest absolute Gasteiger partial charge is 0.239 e. The van der Waals surface area contributed by atoms with Crippen molar-refractivity contribution in [3.8, 4) is 0 Å². The van der Waals surface area contributed by atoms with E-state index in [4.69, 9.17) is 34.8 Å². The van der Waals surface area contributed by atoms with E-state index in [1.54, 1.807) is 18.2 Å². The van der Waals surface area contributed by atoms with Crippen molar-refractivity contribution in [2.75, 3.05) is 11.2 Å². The molecule has 1 rings (SSSR count). The van der Waals surface area contributed by atoms with Crippen LogP contribution in [0.1, 0.15) is 0 Å². The lowest BCUT2D eigenvalue weighted by Gasteiger charge is -2.05. The van der Waals surface area contributed by atoms with Gasteiger partial charge in [-0.15, -0.1) is 11.6 Å². The van der Waals surface area contributed by atoms with Crippen LogP contribution < -0.4 is 5.32 Å². The van der Waals surface area contributed by atoms with Gasteiger partial charge < -0.3 is 5.32 Å². The van der Waals surface area contributed by atoms with Gasteiger partial charge in [0.05, 0.1) is 10.7 Å². The molecule has 5 heteroatoms. The van der Waals surface area contributed by atoms with Crippen LogP contribution in [0.2, 0.25) is 10.0 Å². The van der Waals surface area contributed by atoms with E-state index in [1.807, 2.05) is 0 Å². The maximum atomic E-state index is 10.9. The van der Waals surface area contributed by atoms with Crippen molar-refractivity contribution in [3.05, 3.63) is 28.2 Å². The number of halogens is 3. The molecule has 0 atom stereocenters. The molecule has 0 radical (unpaired) electrons. The first-order valence-corrected chi connectivity index (χ1v) is 4.73. The molecule has 1 aromatic carbocycles. The molecule has 1 amide bonds. The summed E-state index contributed by atoms with van der Waals surface area (Å²) in [5, 5.41) is 3.46. The van der Waals surface area contributed by atoms with Gasteiger partial charge in [-0.1, -0.05) is 23.2 Å². The van der Waals surface area contributed by atoms with Gasteiger partial charge in [0, 0.05) is 5.02 Å². The van der Waals surface area contributed by atoms with Gasteiger partial charge in [0.25, 0.3) is 0 Å². The van der Waals surface area contributed by atoms with Crippen molar-refractivity contribution in [1.82, 2.24) is 0 Å². The highest BCUT2D eigenvalue weighted by Crippen LogP contribution is 2.25. The molecule has 2 nitrogen and oxygen atoms in total. The molecule has 0 aliphatic heterocycles. The zero-order chi connectivity index (χ0) is 9.84. The van der Waals surface area contributed by atoms with Crippen molar-refractivity contribution >= 4 is 46.4 Å². The Hall–Kier alpha value is -0.440. The molecule has 0 unspecified atom stereocenters. The van der Waals surface area contributed by atoms with Crippen LogP contribution >= 0.6 is 34.8 Å². The maximum absolute atomic E-state index is 10.9. The van der Waals surface area contributed by atoms with E-state index in [1.165, 1.54) is 0 Å². The van der Waals surface area contributed by atoms with E-state index < -0.39 is 0 Å². The van der Waals surface area contributed by atoms with Crippen molar-refractivity contribution < 1.29 is 4.79 Å². The molecule has 0 saturated heterocycles. The first kappa shape index (κ1) is 10.6. The van der Waals surface area contributed by atoms with Gasteiger partial charge in [0.1, 0.15) is 5.88 Å². The average molecular weight is 239 g/mol. The van der Waals surface area contributed by atoms with Gasteiger partial charge in [-0.05, 0) is 18.2 Å². The Morgan fingerprint density at radius 2 is 2.08 bits per heavy atom. The quantitative estimate of drug-likeness (QED) is 0.788. The van der Waals surface area contributed by atoms with Gasteiger partial charge in [-0.25, -0.2) is 0 Å². The van der Waals surface area contributed by atoms with E-state index >= 15 is 0 Å². The van der Waals surface area contributed by atoms with E-state index in [2.05, 4.69) is 5.32 Å². The number of nitrogens with one attached hydrogen (secondary N) is 1. The Morgan fingerprint density at radius 3 is 2.69 bits per heavy atom. The largest absolute Gasteiger partial charge is 0.324 e. The first-order valence-electron chi connectivity index (χ1n) is 3.44. The minimum absolute atomic E-state index is 0.108. The van der Waals surface area contributed by atoms with Crippen LogP contribution in [0.25, 0.3) is 0 Å². The van der Waals surface area contributed by atoms with Gasteiger partial charge in [0.2, 0.25) is 5.91 Å². The number of hydrogen-bond acceptors (Lipinski definition) is 1. The highest BCUT2D eigenvalue weighted by molar-refractivity contribution is 6.36. The van der Waals surface area contributed by atoms with Crippen LogP contribution in [0.4, 0.5) is 5.69 Å². The fourth-order valence-corrected chi connectivity index (χ4v) is 1.18. The maximum Gasteiger partial charge on any atom is 0.239 e. The third-order valence-corrected chi connectivity index (χ3v) is 2.13. The predicted octanol–water partition coefficient (Wildman–Crippen LogP) is 3.17. The number of carbonyl (C=O) groups is 1. The van der Waals surface area contributed by atoms with E-state index in [0.29, 0.717) is 15.7 Å². The summed E-state index contributed by atoms with van der Waals surface area (Å²) in [6, 6.07) is 4.81. The van der Waals surface area contributed by atoms with Gasteiger partial charge in [-0.2, -0.15) is 0 Å². The summed E-state index contributed by atoms with van der Waals surface area (Å²) in [6.07, 6.45) is 0. The second-order valence-corrected chi connectivity index (χ2v) is 3.42. The summed E-state index contributed by atoms with van der Waals surface area (Å²) in [7, 11) is 0. The second-order valence-electron chi connectivity index (χ2n) is 2.31. The van der Waals surface area contributed by atoms with E-state index in [-0.39, 0.29) is 11.8 Å². The van der Waals surface area contributed by atoms with Crippen molar-refractivity contribution in [2.45, 2.75) is 0 Å². The third kappa shape index (κ3) is 3.07. The molecule has 1 aromatic rings. The Bertz CT molecular complexity index is 327. The van der Waals surface area contributed by atoms with Gasteiger partial charge >= 0.3 is 0 Å². The Kier molecular flexibility index (Phi) is 3.85. The summed E-state index contributed by atoms with van der Waals surface area (Å²) in [4.78, 5) is 10.9. The molecule has 1 N–H and O–H groups in total. The fraction of sp³-hybridized carbons (Fsp3) is 0.125. The van der Waals surface area contributed by atoms with E-state index in [0.717, 1.165) is 0 Å². The molecule has 13 heavy (non-hydrogen) atoms. The lowest BCUT2D eigenvalue weighted by Crippen LogP contribution is -2.12. The molecular formula is C8H6Cl3NO. The van der Waals surface area contributed by atoms with Gasteiger partial charge in [0.15, 0.2) is 0 Å². The molecule has 0 fully saturated rings. The number of carbonyl (C=O) groups excluding carboxylic acids is 1. The lowest BCUT2D eigenvalue weighted by atomic mass is 10.3. The summed E-state index contributed by atoms with van der Waals surface area (Å²) in [5.74, 6) is -0.422. The molecule has 0 heterocycles. The van der Waals surface area contributed by atoms with Crippen LogP contribution in [-0.4, -0.2) is 11.8 Å². The number of hydrogen-bond donors (Lipinski definition) is 1. The normalized spacial score (nSPS) is 9.77. The predicted molar refractivity (Wildman–Crippen MR) is 55.8 cm³/mol. The second kappa shape index (κ2) is 4.70. The minimum Gasteiger partial charge on any atom is -0.324 e. The zero-order valence-electron chi connectivity index (χ0n) is 6.48. The highest BCUT2D eigenvalue weighted by Gasteiger charge is 2.04. The monoisotopic (exact) mass is 237 g/mol. The lowest BCUT2D eigenvalue weighted by molar-refractivity contribution is -0.113. The van der Waals surface area contributed by atoms with Crippen LogP contribution in [0.5, 0.6) is 0 Å². The molecular weight excluding hydrogens is 232 g/mol. The first-order chi connectivity index (χ1) is 6.13. The van der Waals surface area contributed by atoms with Crippen molar-refractivity contribution in [1.29, 1.82) is 0 Å². The van der Waals surface area contributed by atoms with Crippen LogP contribution in [0.15, 0.2) is 18.2 Å². The number of anilines is 1. The molecule has 70 valence electrons. The summed E-state index contributed by atoms with van der Waals surface area (Å²) >= 11 is 16.8. The molecule has 0 aromatic heterocycles. The summed E-state index contributed by atoms with van der Waals surface area (Å²) < 4.78 is 0. The van der Waals surface area contributed by atoms with Crippen molar-refractivity contribution in [2.24, 2.45) is 0 Å². The fourth-order valence-electron chi connectivity index (χ4n) is 0.777. The molecule has 0 bridgehead atoms. The number of amides is 1. The SMILES string of the molecule is O=C(CCl)Nc1cc(Cl)ccc1Cl. The minimum atomic E-state index is -0.314. The van der Waals surface area contributed by atoms with E-state index in [9.17, 15) is 4.79 Å². The number of rotatable bonds is 2. The summed E-state index contributed by atoms with van der Waals surface area (Å²) in [6.45, 7) is 0. The average Bonchev–Trinajstić information content (AvgIpc) is 2.11.